The van der Waals surface area contributed by atoms with Crippen molar-refractivity contribution in [3.63, 3.8) is 0 Å². The quantitative estimate of drug-likeness (QED) is 0.661. The zero-order valence-corrected chi connectivity index (χ0v) is 11.9. The van der Waals surface area contributed by atoms with E-state index in [0.29, 0.717) is 12.1 Å². The van der Waals surface area contributed by atoms with Crippen molar-refractivity contribution in [3.8, 4) is 0 Å². The lowest BCUT2D eigenvalue weighted by atomic mass is 9.96. The third-order valence-electron chi connectivity index (χ3n) is 3.68. The van der Waals surface area contributed by atoms with Crippen LogP contribution in [-0.4, -0.2) is 49.8 Å². The maximum atomic E-state index is 5.48. The first-order chi connectivity index (χ1) is 8.29. The molecule has 0 spiro atoms. The van der Waals surface area contributed by atoms with Gasteiger partial charge in [-0.15, -0.1) is 0 Å². The summed E-state index contributed by atoms with van der Waals surface area (Å²) in [6.45, 7) is 11.8. The molecule has 3 nitrogen and oxygen atoms in total. The van der Waals surface area contributed by atoms with Gasteiger partial charge < -0.3 is 10.1 Å². The fraction of sp³-hybridized carbons (Fsp3) is 1.00. The molecule has 2 atom stereocenters. The van der Waals surface area contributed by atoms with Crippen molar-refractivity contribution in [2.45, 2.75) is 58.5 Å². The minimum atomic E-state index is 0.608. The Morgan fingerprint density at radius 3 is 2.88 bits per heavy atom. The van der Waals surface area contributed by atoms with Gasteiger partial charge in [0.2, 0.25) is 0 Å². The molecule has 2 unspecified atom stereocenters. The van der Waals surface area contributed by atoms with Crippen LogP contribution in [0.3, 0.4) is 0 Å². The Kier molecular flexibility index (Phi) is 7.82. The van der Waals surface area contributed by atoms with Crippen LogP contribution in [0, 0.1) is 0 Å². The second kappa shape index (κ2) is 8.90. The highest BCUT2D eigenvalue weighted by Crippen LogP contribution is 2.19. The first-order valence-corrected chi connectivity index (χ1v) is 7.34. The molecule has 0 bridgehead atoms. The molecule has 0 aromatic heterocycles. The Morgan fingerprint density at radius 1 is 1.35 bits per heavy atom. The number of likely N-dealkylation sites (tertiary alicyclic amines) is 1. The van der Waals surface area contributed by atoms with Crippen LogP contribution in [0.5, 0.6) is 0 Å². The number of hydrogen-bond donors (Lipinski definition) is 1. The fourth-order valence-electron chi connectivity index (χ4n) is 2.69. The Labute approximate surface area is 107 Å². The molecule has 0 saturated carbocycles. The van der Waals surface area contributed by atoms with Gasteiger partial charge in [-0.25, -0.2) is 0 Å². The molecule has 1 saturated heterocycles. The zero-order valence-electron chi connectivity index (χ0n) is 11.9. The predicted octanol–water partition coefficient (Wildman–Crippen LogP) is 2.27. The summed E-state index contributed by atoms with van der Waals surface area (Å²) >= 11 is 0. The molecule has 102 valence electrons. The van der Waals surface area contributed by atoms with Gasteiger partial charge in [0, 0.05) is 25.2 Å². The third-order valence-corrected chi connectivity index (χ3v) is 3.68. The van der Waals surface area contributed by atoms with Crippen molar-refractivity contribution < 1.29 is 4.74 Å². The van der Waals surface area contributed by atoms with Gasteiger partial charge in [0.05, 0.1) is 6.61 Å². The summed E-state index contributed by atoms with van der Waals surface area (Å²) in [5.74, 6) is 0. The molecule has 1 aliphatic heterocycles. The van der Waals surface area contributed by atoms with E-state index in [4.69, 9.17) is 4.74 Å². The second-order valence-electron chi connectivity index (χ2n) is 5.04. The molecule has 1 N–H and O–H groups in total. The lowest BCUT2D eigenvalue weighted by molar-refractivity contribution is 0.0653. The standard InChI is InChI=1S/C14H30N2O/c1-4-9-15-13(3)14-8-6-7-10-16(14)11-12-17-5-2/h13-15H,4-12H2,1-3H3. The van der Waals surface area contributed by atoms with E-state index in [1.165, 1.54) is 32.2 Å². The van der Waals surface area contributed by atoms with E-state index in [9.17, 15) is 0 Å². The molecule has 0 radical (unpaired) electrons. The lowest BCUT2D eigenvalue weighted by Gasteiger charge is -2.39. The van der Waals surface area contributed by atoms with Crippen LogP contribution in [0.25, 0.3) is 0 Å². The van der Waals surface area contributed by atoms with Gasteiger partial charge in [-0.3, -0.25) is 4.90 Å². The summed E-state index contributed by atoms with van der Waals surface area (Å²) in [5.41, 5.74) is 0. The summed E-state index contributed by atoms with van der Waals surface area (Å²) in [6.07, 6.45) is 5.29. The molecule has 1 aliphatic rings. The zero-order chi connectivity index (χ0) is 12.5. The van der Waals surface area contributed by atoms with Gasteiger partial charge in [-0.1, -0.05) is 13.3 Å². The topological polar surface area (TPSA) is 24.5 Å². The summed E-state index contributed by atoms with van der Waals surface area (Å²) in [6, 6.07) is 1.31. The van der Waals surface area contributed by atoms with E-state index in [2.05, 4.69) is 31.0 Å². The number of nitrogens with zero attached hydrogens (tertiary/aromatic N) is 1. The van der Waals surface area contributed by atoms with Gasteiger partial charge in [0.1, 0.15) is 0 Å². The predicted molar refractivity (Wildman–Crippen MR) is 73.5 cm³/mol. The van der Waals surface area contributed by atoms with Crippen LogP contribution in [-0.2, 0) is 4.74 Å². The van der Waals surface area contributed by atoms with Crippen LogP contribution in [0.4, 0.5) is 0 Å². The van der Waals surface area contributed by atoms with E-state index >= 15 is 0 Å². The molecule has 17 heavy (non-hydrogen) atoms. The first kappa shape index (κ1) is 14.9. The van der Waals surface area contributed by atoms with Gasteiger partial charge in [0.25, 0.3) is 0 Å². The highest BCUT2D eigenvalue weighted by Gasteiger charge is 2.26. The average Bonchev–Trinajstić information content (AvgIpc) is 2.37. The minimum Gasteiger partial charge on any atom is -0.380 e. The number of piperidine rings is 1. The van der Waals surface area contributed by atoms with Crippen molar-refractivity contribution in [1.29, 1.82) is 0 Å². The van der Waals surface area contributed by atoms with E-state index in [1.807, 2.05) is 0 Å². The van der Waals surface area contributed by atoms with E-state index in [1.54, 1.807) is 0 Å². The molecular weight excluding hydrogens is 212 g/mol. The monoisotopic (exact) mass is 242 g/mol. The molecule has 0 aromatic rings. The van der Waals surface area contributed by atoms with Crippen LogP contribution < -0.4 is 5.32 Å². The van der Waals surface area contributed by atoms with E-state index in [0.717, 1.165) is 26.3 Å². The molecule has 1 rings (SSSR count). The molecule has 3 heteroatoms. The summed E-state index contributed by atoms with van der Waals surface area (Å²) in [7, 11) is 0. The Balaban J connectivity index is 2.35. The average molecular weight is 242 g/mol. The Bertz CT molecular complexity index is 187. The van der Waals surface area contributed by atoms with Crippen molar-refractivity contribution >= 4 is 0 Å². The molecule has 0 aromatic carbocycles. The van der Waals surface area contributed by atoms with Crippen LogP contribution in [0.2, 0.25) is 0 Å². The molecule has 1 fully saturated rings. The maximum Gasteiger partial charge on any atom is 0.0593 e. The van der Waals surface area contributed by atoms with Gasteiger partial charge in [0.15, 0.2) is 0 Å². The molecule has 1 heterocycles. The lowest BCUT2D eigenvalue weighted by Crippen LogP contribution is -2.52. The van der Waals surface area contributed by atoms with Crippen molar-refractivity contribution in [1.82, 2.24) is 10.2 Å². The highest BCUT2D eigenvalue weighted by molar-refractivity contribution is 4.84. The van der Waals surface area contributed by atoms with Crippen LogP contribution in [0.1, 0.15) is 46.5 Å². The summed E-state index contributed by atoms with van der Waals surface area (Å²) < 4.78 is 5.48. The van der Waals surface area contributed by atoms with Gasteiger partial charge >= 0.3 is 0 Å². The molecule has 0 aliphatic carbocycles. The normalized spacial score (nSPS) is 23.8. The summed E-state index contributed by atoms with van der Waals surface area (Å²) in [5, 5.41) is 3.64. The Morgan fingerprint density at radius 2 is 2.18 bits per heavy atom. The van der Waals surface area contributed by atoms with Crippen molar-refractivity contribution in [2.75, 3.05) is 32.8 Å². The maximum absolute atomic E-state index is 5.48. The van der Waals surface area contributed by atoms with Crippen molar-refractivity contribution in [3.05, 3.63) is 0 Å². The smallest absolute Gasteiger partial charge is 0.0593 e. The van der Waals surface area contributed by atoms with E-state index < -0.39 is 0 Å². The fourth-order valence-corrected chi connectivity index (χ4v) is 2.69. The SMILES string of the molecule is CCCNC(C)C1CCCCN1CCOCC. The Hall–Kier alpha value is -0.120. The van der Waals surface area contributed by atoms with Gasteiger partial charge in [-0.2, -0.15) is 0 Å². The van der Waals surface area contributed by atoms with Crippen LogP contribution in [0.15, 0.2) is 0 Å². The van der Waals surface area contributed by atoms with Crippen molar-refractivity contribution in [2.24, 2.45) is 0 Å². The molecular formula is C14H30N2O. The molecule has 0 amide bonds. The number of ether oxygens (including phenoxy) is 1. The largest absolute Gasteiger partial charge is 0.380 e. The summed E-state index contributed by atoms with van der Waals surface area (Å²) in [4.78, 5) is 2.62. The second-order valence-corrected chi connectivity index (χ2v) is 5.04. The number of hydrogen-bond acceptors (Lipinski definition) is 3. The first-order valence-electron chi connectivity index (χ1n) is 7.34. The minimum absolute atomic E-state index is 0.608. The third kappa shape index (κ3) is 5.36. The van der Waals surface area contributed by atoms with Crippen LogP contribution >= 0.6 is 0 Å². The van der Waals surface area contributed by atoms with E-state index in [-0.39, 0.29) is 0 Å². The number of nitrogens with one attached hydrogen (secondary N) is 1. The highest BCUT2D eigenvalue weighted by atomic mass is 16.5. The number of rotatable bonds is 8. The van der Waals surface area contributed by atoms with Gasteiger partial charge in [-0.05, 0) is 46.2 Å².